The van der Waals surface area contributed by atoms with Gasteiger partial charge in [-0.1, -0.05) is 39.3 Å². The van der Waals surface area contributed by atoms with Crippen LogP contribution in [0.2, 0.25) is 0 Å². The Morgan fingerprint density at radius 3 is 2.54 bits per heavy atom. The molecule has 0 aromatic heterocycles. The number of rotatable bonds is 2. The van der Waals surface area contributed by atoms with Crippen LogP contribution < -0.4 is 0 Å². The second-order valence-corrected chi connectivity index (χ2v) is 8.41. The number of carbonyl (C=O) groups excluding carboxylic acids is 2. The van der Waals surface area contributed by atoms with Crippen LogP contribution in [0.15, 0.2) is 12.1 Å². The maximum atomic E-state index is 12.2. The van der Waals surface area contributed by atoms with E-state index in [4.69, 9.17) is 4.74 Å². The van der Waals surface area contributed by atoms with E-state index in [1.807, 2.05) is 6.07 Å². The second kappa shape index (κ2) is 5.69. The molecule has 24 heavy (non-hydrogen) atoms. The molecule has 3 rings (SSSR count). The van der Waals surface area contributed by atoms with Gasteiger partial charge in [-0.05, 0) is 48.1 Å². The summed E-state index contributed by atoms with van der Waals surface area (Å²) in [6.45, 7) is 8.60. The Morgan fingerprint density at radius 2 is 1.92 bits per heavy atom. The lowest BCUT2D eigenvalue weighted by Crippen LogP contribution is -2.37. The van der Waals surface area contributed by atoms with Gasteiger partial charge in [0.1, 0.15) is 0 Å². The van der Waals surface area contributed by atoms with Crippen molar-refractivity contribution in [3.05, 3.63) is 34.4 Å². The maximum Gasteiger partial charge on any atom is 0.315 e. The highest BCUT2D eigenvalue weighted by Gasteiger charge is 2.43. The van der Waals surface area contributed by atoms with Crippen molar-refractivity contribution in [3.8, 4) is 0 Å². The Bertz CT molecular complexity index is 691. The van der Waals surface area contributed by atoms with E-state index < -0.39 is 18.2 Å². The van der Waals surface area contributed by atoms with E-state index in [9.17, 15) is 14.7 Å². The number of aliphatic hydroxyl groups excluding tert-OH is 1. The van der Waals surface area contributed by atoms with Gasteiger partial charge >= 0.3 is 5.97 Å². The summed E-state index contributed by atoms with van der Waals surface area (Å²) in [5, 5.41) is 10.3. The fraction of sp³-hybridized carbons (Fsp3) is 0.600. The van der Waals surface area contributed by atoms with E-state index in [0.29, 0.717) is 11.1 Å². The number of ether oxygens (including phenoxy) is 1. The van der Waals surface area contributed by atoms with Crippen molar-refractivity contribution < 1.29 is 19.4 Å². The number of hydrogen-bond acceptors (Lipinski definition) is 4. The van der Waals surface area contributed by atoms with E-state index >= 15 is 0 Å². The lowest BCUT2D eigenvalue weighted by Gasteiger charge is -2.45. The summed E-state index contributed by atoms with van der Waals surface area (Å²) < 4.78 is 5.04. The SMILES string of the molecule is C[C@H]1C(=O)O[C@H](O)c2c(C=O)ccc([C@@]3(C)CCCC(C)(C)C3)c21. The summed E-state index contributed by atoms with van der Waals surface area (Å²) >= 11 is 0. The molecular weight excluding hydrogens is 304 g/mol. The predicted molar refractivity (Wildman–Crippen MR) is 90.9 cm³/mol. The molecule has 1 heterocycles. The highest BCUT2D eigenvalue weighted by Crippen LogP contribution is 2.51. The van der Waals surface area contributed by atoms with Crippen molar-refractivity contribution in [1.29, 1.82) is 0 Å². The van der Waals surface area contributed by atoms with Crippen LogP contribution in [0, 0.1) is 5.41 Å². The quantitative estimate of drug-likeness (QED) is 0.657. The summed E-state index contributed by atoms with van der Waals surface area (Å²) in [5.41, 5.74) is 2.92. The van der Waals surface area contributed by atoms with Gasteiger partial charge in [-0.2, -0.15) is 0 Å². The molecule has 0 bridgehead atoms. The molecule has 1 aliphatic carbocycles. The molecule has 0 spiro atoms. The highest BCUT2D eigenvalue weighted by molar-refractivity contribution is 5.86. The van der Waals surface area contributed by atoms with Crippen LogP contribution in [0.4, 0.5) is 0 Å². The molecule has 0 saturated heterocycles. The van der Waals surface area contributed by atoms with Crippen molar-refractivity contribution in [2.24, 2.45) is 5.41 Å². The van der Waals surface area contributed by atoms with E-state index in [0.717, 1.165) is 36.7 Å². The molecule has 1 aromatic rings. The molecule has 0 amide bonds. The molecule has 0 unspecified atom stereocenters. The van der Waals surface area contributed by atoms with Gasteiger partial charge in [-0.25, -0.2) is 0 Å². The monoisotopic (exact) mass is 330 g/mol. The third-order valence-electron chi connectivity index (χ3n) is 5.81. The minimum absolute atomic E-state index is 0.0706. The zero-order chi connectivity index (χ0) is 17.7. The summed E-state index contributed by atoms with van der Waals surface area (Å²) in [6, 6.07) is 3.73. The first-order valence-electron chi connectivity index (χ1n) is 8.69. The van der Waals surface area contributed by atoms with Gasteiger partial charge in [0.15, 0.2) is 6.29 Å². The summed E-state index contributed by atoms with van der Waals surface area (Å²) in [4.78, 5) is 23.6. The van der Waals surface area contributed by atoms with Crippen molar-refractivity contribution in [2.75, 3.05) is 0 Å². The molecule has 2 aliphatic rings. The molecule has 130 valence electrons. The number of aldehydes is 1. The number of hydrogen-bond donors (Lipinski definition) is 1. The molecule has 0 radical (unpaired) electrons. The summed E-state index contributed by atoms with van der Waals surface area (Å²) in [6.07, 6.45) is 3.76. The topological polar surface area (TPSA) is 63.6 Å². The number of benzene rings is 1. The van der Waals surface area contributed by atoms with E-state index in [2.05, 4.69) is 20.8 Å². The number of fused-ring (bicyclic) bond motifs is 1. The van der Waals surface area contributed by atoms with Gasteiger partial charge in [-0.3, -0.25) is 9.59 Å². The minimum atomic E-state index is -1.36. The Labute approximate surface area is 143 Å². The summed E-state index contributed by atoms with van der Waals surface area (Å²) in [7, 11) is 0. The van der Waals surface area contributed by atoms with Gasteiger partial charge in [0.2, 0.25) is 6.29 Å². The molecule has 4 heteroatoms. The van der Waals surface area contributed by atoms with Crippen LogP contribution >= 0.6 is 0 Å². The second-order valence-electron chi connectivity index (χ2n) is 8.41. The fourth-order valence-corrected chi connectivity index (χ4v) is 4.83. The molecule has 4 nitrogen and oxygen atoms in total. The van der Waals surface area contributed by atoms with Crippen LogP contribution in [0.1, 0.15) is 92.6 Å². The van der Waals surface area contributed by atoms with Gasteiger partial charge in [-0.15, -0.1) is 0 Å². The van der Waals surface area contributed by atoms with E-state index in [1.54, 1.807) is 13.0 Å². The maximum absolute atomic E-state index is 12.2. The van der Waals surface area contributed by atoms with Crippen molar-refractivity contribution in [1.82, 2.24) is 0 Å². The van der Waals surface area contributed by atoms with Crippen molar-refractivity contribution in [2.45, 2.75) is 71.0 Å². The van der Waals surface area contributed by atoms with Crippen molar-refractivity contribution >= 4 is 12.3 Å². The van der Waals surface area contributed by atoms with Gasteiger partial charge < -0.3 is 9.84 Å². The first-order chi connectivity index (χ1) is 11.2. The molecular formula is C20H26O4. The van der Waals surface area contributed by atoms with Gasteiger partial charge in [0.05, 0.1) is 5.92 Å². The van der Waals surface area contributed by atoms with Crippen LogP contribution in [-0.4, -0.2) is 17.4 Å². The van der Waals surface area contributed by atoms with Gasteiger partial charge in [0, 0.05) is 11.1 Å². The normalized spacial score (nSPS) is 32.0. The van der Waals surface area contributed by atoms with Gasteiger partial charge in [0.25, 0.3) is 0 Å². The molecule has 1 aliphatic heterocycles. The minimum Gasteiger partial charge on any atom is -0.431 e. The smallest absolute Gasteiger partial charge is 0.315 e. The number of esters is 1. The Kier molecular flexibility index (Phi) is 4.07. The summed E-state index contributed by atoms with van der Waals surface area (Å²) in [5.74, 6) is -0.905. The zero-order valence-corrected chi connectivity index (χ0v) is 14.9. The number of aliphatic hydroxyl groups is 1. The fourth-order valence-electron chi connectivity index (χ4n) is 4.83. The third kappa shape index (κ3) is 2.67. The number of cyclic esters (lactones) is 1. The van der Waals surface area contributed by atoms with E-state index in [1.165, 1.54) is 6.42 Å². The Morgan fingerprint density at radius 1 is 1.21 bits per heavy atom. The number of carbonyl (C=O) groups is 2. The Hall–Kier alpha value is -1.68. The lowest BCUT2D eigenvalue weighted by atomic mass is 9.60. The van der Waals surface area contributed by atoms with E-state index in [-0.39, 0.29) is 10.8 Å². The largest absolute Gasteiger partial charge is 0.431 e. The Balaban J connectivity index is 2.21. The highest BCUT2D eigenvalue weighted by atomic mass is 16.6. The average molecular weight is 330 g/mol. The zero-order valence-electron chi connectivity index (χ0n) is 14.9. The molecule has 1 N–H and O–H groups in total. The third-order valence-corrected chi connectivity index (χ3v) is 5.81. The lowest BCUT2D eigenvalue weighted by molar-refractivity contribution is -0.174. The van der Waals surface area contributed by atoms with Crippen LogP contribution in [-0.2, 0) is 14.9 Å². The molecule has 3 atom stereocenters. The first kappa shape index (κ1) is 17.2. The van der Waals surface area contributed by atoms with Crippen molar-refractivity contribution in [3.63, 3.8) is 0 Å². The standard InChI is InChI=1S/C20H26O4/c1-12-15-14(20(4)9-5-8-19(2,3)11-20)7-6-13(10-21)16(15)18(23)24-17(12)22/h6-7,10,12,18,23H,5,8-9,11H2,1-4H3/t12-,18+,20+/m1/s1. The van der Waals surface area contributed by atoms with Crippen LogP contribution in [0.25, 0.3) is 0 Å². The first-order valence-corrected chi connectivity index (χ1v) is 8.69. The average Bonchev–Trinajstić information content (AvgIpc) is 2.50. The van der Waals surface area contributed by atoms with Crippen LogP contribution in [0.5, 0.6) is 0 Å². The molecule has 1 saturated carbocycles. The predicted octanol–water partition coefficient (Wildman–Crippen LogP) is 4.01. The molecule has 1 fully saturated rings. The van der Waals surface area contributed by atoms with Crippen LogP contribution in [0.3, 0.4) is 0 Å². The molecule has 1 aromatic carbocycles.